The molecule has 2 bridgehead atoms. The van der Waals surface area contributed by atoms with Gasteiger partial charge in [0.2, 0.25) is 12.1 Å². The fraction of sp³-hybridized carbons (Fsp3) is 0.840. The molecule has 0 radical (unpaired) electrons. The van der Waals surface area contributed by atoms with Crippen LogP contribution in [0, 0.1) is 23.7 Å². The Labute approximate surface area is 188 Å². The smallest absolute Gasteiger partial charge is 0.229 e. The van der Waals surface area contributed by atoms with Gasteiger partial charge in [0.15, 0.2) is 0 Å². The topological polar surface area (TPSA) is 34.0 Å². The number of hydrogen-bond acceptors (Lipinski definition) is 3. The van der Waals surface area contributed by atoms with Gasteiger partial charge >= 0.3 is 0 Å². The Balaban J connectivity index is 2.26. The summed E-state index contributed by atoms with van der Waals surface area (Å²) in [6, 6.07) is -0.104. The lowest BCUT2D eigenvalue weighted by atomic mass is 9.86. The summed E-state index contributed by atoms with van der Waals surface area (Å²) >= 11 is 6.67. The zero-order valence-electron chi connectivity index (χ0n) is 19.6. The number of hydrogen-bond donors (Lipinski definition) is 0. The summed E-state index contributed by atoms with van der Waals surface area (Å²) in [5, 5.41) is -0.101. The summed E-state index contributed by atoms with van der Waals surface area (Å²) in [4.78, 5) is 9.13. The second-order valence-corrected chi connectivity index (χ2v) is 10.2. The van der Waals surface area contributed by atoms with Crippen LogP contribution in [-0.2, 0) is 4.74 Å². The first-order valence-electron chi connectivity index (χ1n) is 12.0. The van der Waals surface area contributed by atoms with Crippen LogP contribution in [0.2, 0.25) is 0 Å². The molecule has 0 spiro atoms. The first-order valence-corrected chi connectivity index (χ1v) is 12.5. The van der Waals surface area contributed by atoms with Gasteiger partial charge in [0.1, 0.15) is 6.10 Å². The van der Waals surface area contributed by atoms with Crippen molar-refractivity contribution in [3.8, 4) is 0 Å². The molecule has 2 saturated carbocycles. The van der Waals surface area contributed by atoms with Crippen LogP contribution in [0.15, 0.2) is 22.8 Å². The van der Waals surface area contributed by atoms with Crippen LogP contribution >= 0.6 is 11.6 Å². The van der Waals surface area contributed by atoms with E-state index in [0.717, 1.165) is 19.3 Å². The molecule has 0 aromatic rings. The number of alkyl halides is 2. The molecule has 3 nitrogen and oxygen atoms in total. The lowest BCUT2D eigenvalue weighted by Gasteiger charge is -2.32. The third-order valence-electron chi connectivity index (χ3n) is 6.90. The normalized spacial score (nSPS) is 28.9. The molecule has 2 rings (SSSR count). The van der Waals surface area contributed by atoms with E-state index in [1.54, 1.807) is 0 Å². The summed E-state index contributed by atoms with van der Waals surface area (Å²) in [5.74, 6) is 1.66. The van der Waals surface area contributed by atoms with Crippen LogP contribution in [0.4, 0.5) is 4.39 Å². The molecular weight excluding hydrogens is 399 g/mol. The summed E-state index contributed by atoms with van der Waals surface area (Å²) < 4.78 is 22.2. The van der Waals surface area contributed by atoms with Crippen LogP contribution in [0.3, 0.4) is 0 Å². The average molecular weight is 441 g/mol. The van der Waals surface area contributed by atoms with Crippen molar-refractivity contribution in [1.82, 2.24) is 0 Å². The Bertz CT molecular complexity index is 590. The monoisotopic (exact) mass is 440 g/mol. The van der Waals surface area contributed by atoms with Gasteiger partial charge in [0.25, 0.3) is 0 Å². The Hall–Kier alpha value is -0.900. The Morgan fingerprint density at radius 2 is 1.77 bits per heavy atom. The van der Waals surface area contributed by atoms with E-state index in [9.17, 15) is 0 Å². The molecule has 6 unspecified atom stereocenters. The van der Waals surface area contributed by atoms with E-state index >= 15 is 4.39 Å². The number of ether oxygens (including phenoxy) is 1. The summed E-state index contributed by atoms with van der Waals surface area (Å²) in [7, 11) is 0. The van der Waals surface area contributed by atoms with Gasteiger partial charge in [-0.15, -0.1) is 11.6 Å². The molecule has 0 saturated heterocycles. The van der Waals surface area contributed by atoms with Crippen molar-refractivity contribution in [2.24, 2.45) is 33.7 Å². The summed E-state index contributed by atoms with van der Waals surface area (Å²) in [6.07, 6.45) is 8.45. The third kappa shape index (κ3) is 6.55. The van der Waals surface area contributed by atoms with Gasteiger partial charge in [0, 0.05) is 6.20 Å². The predicted molar refractivity (Wildman–Crippen MR) is 128 cm³/mol. The van der Waals surface area contributed by atoms with Crippen LogP contribution in [0.5, 0.6) is 0 Å². The van der Waals surface area contributed by atoms with Gasteiger partial charge in [-0.05, 0) is 68.6 Å². The van der Waals surface area contributed by atoms with Crippen molar-refractivity contribution in [1.29, 1.82) is 0 Å². The predicted octanol–water partition coefficient (Wildman–Crippen LogP) is 7.38. The molecule has 0 N–H and O–H groups in total. The summed E-state index contributed by atoms with van der Waals surface area (Å²) in [6.45, 7) is 14.2. The lowest BCUT2D eigenvalue weighted by molar-refractivity contribution is 0.0655. The van der Waals surface area contributed by atoms with Crippen LogP contribution in [0.25, 0.3) is 0 Å². The van der Waals surface area contributed by atoms with Gasteiger partial charge < -0.3 is 4.74 Å². The van der Waals surface area contributed by atoms with E-state index in [2.05, 4.69) is 39.3 Å². The van der Waals surface area contributed by atoms with E-state index in [4.69, 9.17) is 21.3 Å². The molecule has 0 aliphatic heterocycles. The van der Waals surface area contributed by atoms with E-state index in [-0.39, 0.29) is 29.3 Å². The highest BCUT2D eigenvalue weighted by atomic mass is 35.5. The lowest BCUT2D eigenvalue weighted by Crippen LogP contribution is -2.39. The van der Waals surface area contributed by atoms with Crippen molar-refractivity contribution >= 4 is 23.2 Å². The van der Waals surface area contributed by atoms with Crippen molar-refractivity contribution in [3.05, 3.63) is 12.8 Å². The number of fused-ring (bicyclic) bond motifs is 2. The molecule has 6 atom stereocenters. The highest BCUT2D eigenvalue weighted by Crippen LogP contribution is 2.44. The van der Waals surface area contributed by atoms with Crippen LogP contribution < -0.4 is 0 Å². The number of rotatable bonds is 11. The highest BCUT2D eigenvalue weighted by molar-refractivity contribution is 6.21. The first-order chi connectivity index (χ1) is 14.3. The molecule has 2 fully saturated rings. The number of aliphatic imine (C=N–C) groups is 2. The zero-order valence-corrected chi connectivity index (χ0v) is 20.4. The molecule has 172 valence electrons. The standard InChI is InChI=1S/C25H42ClFN2O/c1-7-17(6)23(29-21(8-2)20(26)15-16(4)5)22(27)25(28-9-3)30-24-18-11-10-12-19(24)14-13-18/h9,16-22,24H,3,7-8,10-15H2,1-2,4-6H3. The maximum Gasteiger partial charge on any atom is 0.229 e. The second kappa shape index (κ2) is 12.2. The van der Waals surface area contributed by atoms with Crippen molar-refractivity contribution in [3.63, 3.8) is 0 Å². The highest BCUT2D eigenvalue weighted by Gasteiger charge is 2.42. The van der Waals surface area contributed by atoms with Gasteiger partial charge in [-0.25, -0.2) is 9.38 Å². The largest absolute Gasteiger partial charge is 0.474 e. The summed E-state index contributed by atoms with van der Waals surface area (Å²) in [5.41, 5.74) is 0.516. The molecule has 2 aliphatic rings. The molecule has 0 heterocycles. The minimum Gasteiger partial charge on any atom is -0.474 e. The SMILES string of the molecule is C=CN=C(OC1C2CCCC1CC2)C(F)C(=NC(CC)C(Cl)CC(C)C)C(C)CC. The quantitative estimate of drug-likeness (QED) is 0.187. The molecule has 30 heavy (non-hydrogen) atoms. The Kier molecular flexibility index (Phi) is 10.3. The number of halogens is 2. The molecule has 5 heteroatoms. The van der Waals surface area contributed by atoms with Gasteiger partial charge in [-0.1, -0.05) is 47.6 Å². The molecular formula is C25H42ClFN2O. The van der Waals surface area contributed by atoms with Crippen molar-refractivity contribution in [2.75, 3.05) is 0 Å². The van der Waals surface area contributed by atoms with Gasteiger partial charge in [-0.3, -0.25) is 4.99 Å². The molecule has 0 aromatic heterocycles. The van der Waals surface area contributed by atoms with Crippen LogP contribution in [0.1, 0.15) is 86.0 Å². The van der Waals surface area contributed by atoms with E-state index < -0.39 is 6.17 Å². The second-order valence-electron chi connectivity index (χ2n) is 9.61. The van der Waals surface area contributed by atoms with Crippen molar-refractivity contribution in [2.45, 2.75) is 110 Å². The maximum absolute atomic E-state index is 15.9. The van der Waals surface area contributed by atoms with Crippen LogP contribution in [-0.4, -0.2) is 35.3 Å². The Morgan fingerprint density at radius 1 is 1.13 bits per heavy atom. The fourth-order valence-corrected chi connectivity index (χ4v) is 5.57. The number of nitrogens with zero attached hydrogens (tertiary/aromatic N) is 2. The molecule has 2 aliphatic carbocycles. The third-order valence-corrected chi connectivity index (χ3v) is 7.37. The molecule has 0 aromatic carbocycles. The first kappa shape index (κ1) is 25.4. The molecule has 0 amide bonds. The zero-order chi connectivity index (χ0) is 22.3. The van der Waals surface area contributed by atoms with Gasteiger partial charge in [0.05, 0.1) is 17.1 Å². The minimum absolute atomic E-state index is 0.00124. The van der Waals surface area contributed by atoms with E-state index in [1.165, 1.54) is 38.3 Å². The minimum atomic E-state index is -1.45. The maximum atomic E-state index is 15.9. The van der Waals surface area contributed by atoms with E-state index in [1.807, 2.05) is 6.92 Å². The fourth-order valence-electron chi connectivity index (χ4n) is 4.98. The van der Waals surface area contributed by atoms with Crippen molar-refractivity contribution < 1.29 is 9.13 Å². The van der Waals surface area contributed by atoms with Gasteiger partial charge in [-0.2, -0.15) is 0 Å². The van der Waals surface area contributed by atoms with E-state index in [0.29, 0.717) is 23.5 Å². The average Bonchev–Trinajstić information content (AvgIpc) is 2.92. The Morgan fingerprint density at radius 3 is 2.27 bits per heavy atom.